The zero-order chi connectivity index (χ0) is 34.4. The zero-order valence-electron chi connectivity index (χ0n) is 29.9. The fourth-order valence-corrected chi connectivity index (χ4v) is 8.86. The van der Waals surface area contributed by atoms with Crippen molar-refractivity contribution in [2.75, 3.05) is 44.8 Å². The summed E-state index contributed by atoms with van der Waals surface area (Å²) in [5.41, 5.74) is -1.09. The molecule has 12 nitrogen and oxygen atoms in total. The number of likely N-dealkylation sites (tertiary alicyclic amines) is 1. The number of ketones is 1. The molecule has 3 saturated heterocycles. The maximum atomic E-state index is 14.5. The van der Waals surface area contributed by atoms with Gasteiger partial charge in [0.25, 0.3) is 0 Å². The summed E-state index contributed by atoms with van der Waals surface area (Å²) in [6, 6.07) is 1.72. The number of hydrogen-bond acceptors (Lipinski definition) is 11. The lowest BCUT2D eigenvalue weighted by atomic mass is 9.59. The predicted octanol–water partition coefficient (Wildman–Crippen LogP) is 5.50. The Morgan fingerprint density at radius 2 is 1.71 bits per heavy atom. The van der Waals surface area contributed by atoms with E-state index in [2.05, 4.69) is 23.8 Å². The average Bonchev–Trinajstić information content (AvgIpc) is 3.68. The fraction of sp³-hybridized carbons (Fsp3) is 0.778. The van der Waals surface area contributed by atoms with Gasteiger partial charge in [0.1, 0.15) is 17.5 Å². The number of likely N-dealkylation sites (N-methyl/N-ethyl adjacent to an activating group) is 1. The van der Waals surface area contributed by atoms with Gasteiger partial charge in [-0.05, 0) is 100 Å². The Morgan fingerprint density at radius 3 is 2.35 bits per heavy atom. The quantitative estimate of drug-likeness (QED) is 0.316. The van der Waals surface area contributed by atoms with Crippen LogP contribution in [0.2, 0.25) is 0 Å². The van der Waals surface area contributed by atoms with Crippen molar-refractivity contribution in [1.82, 2.24) is 19.8 Å². The summed E-state index contributed by atoms with van der Waals surface area (Å²) in [5.74, 6) is -0.260. The van der Waals surface area contributed by atoms with E-state index in [4.69, 9.17) is 28.9 Å². The molecule has 12 heteroatoms. The van der Waals surface area contributed by atoms with E-state index in [0.717, 1.165) is 38.6 Å². The molecular formula is C36H55N5O7. The summed E-state index contributed by atoms with van der Waals surface area (Å²) in [4.78, 5) is 43.4. The molecule has 5 fully saturated rings. The topological polar surface area (TPSA) is 127 Å². The Hall–Kier alpha value is -2.96. The van der Waals surface area contributed by atoms with Crippen molar-refractivity contribution < 1.29 is 33.6 Å². The highest BCUT2D eigenvalue weighted by molar-refractivity contribution is 6.06. The summed E-state index contributed by atoms with van der Waals surface area (Å²) in [6.07, 6.45) is 6.68. The van der Waals surface area contributed by atoms with Crippen molar-refractivity contribution in [2.24, 2.45) is 5.41 Å². The molecule has 6 rings (SSSR count). The number of hydrogen-bond donors (Lipinski definition) is 1. The third kappa shape index (κ3) is 6.52. The lowest BCUT2D eigenvalue weighted by Gasteiger charge is -2.50. The molecule has 2 saturated carbocycles. The molecule has 0 radical (unpaired) electrons. The van der Waals surface area contributed by atoms with Crippen LogP contribution in [-0.4, -0.2) is 112 Å². The second-order valence-corrected chi connectivity index (χ2v) is 15.6. The van der Waals surface area contributed by atoms with Crippen molar-refractivity contribution in [3.63, 3.8) is 0 Å². The molecule has 1 aromatic heterocycles. The number of carbonyl (C=O) groups excluding carboxylic acids is 2. The number of aliphatic hydroxyl groups is 1. The number of allylic oxidation sites excluding steroid dienone is 1. The molecule has 5 aliphatic rings. The SMILES string of the molecule is C[C@H](Oc1cc(N2C[C@H](C)N(C(=O)OC(C)(C)C)[C@@H](C)C2)nc(/C(O)=C2\CCC[C@@]3(CCCCC34OCCO4)C2=O)n1)[C@@H]1CCCN1C. The van der Waals surface area contributed by atoms with Crippen LogP contribution in [0.5, 0.6) is 5.88 Å². The monoisotopic (exact) mass is 669 g/mol. The summed E-state index contributed by atoms with van der Waals surface area (Å²) >= 11 is 0. The largest absolute Gasteiger partial charge is 0.504 e. The van der Waals surface area contributed by atoms with E-state index in [9.17, 15) is 14.7 Å². The Bertz CT molecular complexity index is 1390. The molecular weight excluding hydrogens is 614 g/mol. The van der Waals surface area contributed by atoms with Gasteiger partial charge < -0.3 is 29.0 Å². The predicted molar refractivity (Wildman–Crippen MR) is 181 cm³/mol. The smallest absolute Gasteiger partial charge is 0.410 e. The van der Waals surface area contributed by atoms with Crippen LogP contribution in [0.15, 0.2) is 11.6 Å². The molecule has 2 aliphatic carbocycles. The van der Waals surface area contributed by atoms with E-state index >= 15 is 0 Å². The number of rotatable bonds is 5. The normalized spacial score (nSPS) is 31.4. The van der Waals surface area contributed by atoms with Crippen molar-refractivity contribution in [2.45, 2.75) is 135 Å². The number of amides is 1. The fourth-order valence-electron chi connectivity index (χ4n) is 8.86. The third-order valence-corrected chi connectivity index (χ3v) is 11.0. The average molecular weight is 670 g/mol. The van der Waals surface area contributed by atoms with Crippen LogP contribution in [-0.2, 0) is 19.0 Å². The van der Waals surface area contributed by atoms with Crippen molar-refractivity contribution >= 4 is 23.5 Å². The maximum Gasteiger partial charge on any atom is 0.410 e. The molecule has 3 aliphatic heterocycles. The van der Waals surface area contributed by atoms with Crippen molar-refractivity contribution in [1.29, 1.82) is 0 Å². The van der Waals surface area contributed by atoms with Crippen LogP contribution < -0.4 is 9.64 Å². The van der Waals surface area contributed by atoms with Gasteiger partial charge in [-0.25, -0.2) is 9.78 Å². The number of aromatic nitrogens is 2. The second kappa shape index (κ2) is 13.4. The molecule has 266 valence electrons. The molecule has 0 unspecified atom stereocenters. The minimum absolute atomic E-state index is 0.0721. The number of nitrogens with zero attached hydrogens (tertiary/aromatic N) is 5. The summed E-state index contributed by atoms with van der Waals surface area (Å²) in [5, 5.41) is 11.9. The van der Waals surface area contributed by atoms with Gasteiger partial charge in [-0.3, -0.25) is 14.6 Å². The molecule has 0 aromatic carbocycles. The standard InChI is InChI=1S/C36H55N5O7/c1-23-21-40(22-24(2)41(23)33(44)48-34(4,5)6)28-20-29(47-25(3)27-13-11-17-39(27)7)38-32(37-28)30(42)26-12-10-15-35(31(26)43)14-8-9-16-36(35)45-18-19-46-36/h20,23-25,27,42H,8-19,21-22H2,1-7H3/b30-26-/t23-,24-,25-,27-,35-/m0/s1. The Labute approximate surface area is 285 Å². The number of ether oxygens (including phenoxy) is 4. The lowest BCUT2D eigenvalue weighted by molar-refractivity contribution is -0.251. The van der Waals surface area contributed by atoms with Gasteiger partial charge in [-0.2, -0.15) is 4.98 Å². The highest BCUT2D eigenvalue weighted by Crippen LogP contribution is 2.56. The van der Waals surface area contributed by atoms with Crippen LogP contribution in [0, 0.1) is 5.41 Å². The molecule has 1 aromatic rings. The van der Waals surface area contributed by atoms with Crippen molar-refractivity contribution in [3.8, 4) is 5.88 Å². The zero-order valence-corrected chi connectivity index (χ0v) is 29.9. The van der Waals surface area contributed by atoms with E-state index in [1.54, 1.807) is 4.90 Å². The number of piperazine rings is 1. The number of carbonyl (C=O) groups is 2. The van der Waals surface area contributed by atoms with Crippen LogP contribution in [0.4, 0.5) is 10.6 Å². The summed E-state index contributed by atoms with van der Waals surface area (Å²) in [7, 11) is 2.11. The van der Waals surface area contributed by atoms with Crippen LogP contribution in [0.3, 0.4) is 0 Å². The van der Waals surface area contributed by atoms with Crippen LogP contribution >= 0.6 is 0 Å². The number of aliphatic hydroxyl groups excluding tert-OH is 1. The first-order chi connectivity index (χ1) is 22.7. The van der Waals surface area contributed by atoms with E-state index in [-0.39, 0.29) is 47.7 Å². The van der Waals surface area contributed by atoms with Gasteiger partial charge >= 0.3 is 6.09 Å². The van der Waals surface area contributed by atoms with E-state index in [1.807, 2.05) is 40.7 Å². The summed E-state index contributed by atoms with van der Waals surface area (Å²) < 4.78 is 24.7. The first-order valence-electron chi connectivity index (χ1n) is 18.0. The highest BCUT2D eigenvalue weighted by Gasteiger charge is 2.62. The van der Waals surface area contributed by atoms with Gasteiger partial charge in [0.05, 0.1) is 30.7 Å². The molecule has 1 amide bonds. The lowest BCUT2D eigenvalue weighted by Crippen LogP contribution is -2.59. The molecule has 1 N–H and O–H groups in total. The van der Waals surface area contributed by atoms with E-state index < -0.39 is 16.8 Å². The third-order valence-electron chi connectivity index (χ3n) is 11.0. The van der Waals surface area contributed by atoms with Gasteiger partial charge in [-0.15, -0.1) is 0 Å². The number of anilines is 1. The van der Waals surface area contributed by atoms with Gasteiger partial charge in [-0.1, -0.05) is 6.42 Å². The number of fused-ring (bicyclic) bond motifs is 1. The Balaban J connectivity index is 1.34. The molecule has 0 bridgehead atoms. The second-order valence-electron chi connectivity index (χ2n) is 15.6. The highest BCUT2D eigenvalue weighted by atomic mass is 16.7. The summed E-state index contributed by atoms with van der Waals surface area (Å²) in [6.45, 7) is 14.6. The molecule has 4 heterocycles. The van der Waals surface area contributed by atoms with Gasteiger partial charge in [0.15, 0.2) is 17.3 Å². The molecule has 2 spiro atoms. The van der Waals surface area contributed by atoms with Crippen molar-refractivity contribution in [3.05, 3.63) is 17.5 Å². The Morgan fingerprint density at radius 1 is 1.04 bits per heavy atom. The first-order valence-corrected chi connectivity index (χ1v) is 18.0. The first kappa shape index (κ1) is 34.9. The van der Waals surface area contributed by atoms with Crippen LogP contribution in [0.25, 0.3) is 5.76 Å². The Kier molecular flexibility index (Phi) is 9.74. The van der Waals surface area contributed by atoms with Gasteiger partial charge in [0, 0.05) is 37.2 Å². The van der Waals surface area contributed by atoms with Crippen LogP contribution in [0.1, 0.15) is 105 Å². The number of Topliss-reactive ketones (excluding diaryl/α,β-unsaturated/α-hetero) is 1. The molecule has 48 heavy (non-hydrogen) atoms. The minimum Gasteiger partial charge on any atom is -0.504 e. The maximum absolute atomic E-state index is 14.5. The van der Waals surface area contributed by atoms with E-state index in [1.165, 1.54) is 0 Å². The molecule has 5 atom stereocenters. The van der Waals surface area contributed by atoms with E-state index in [0.29, 0.717) is 69.3 Å². The van der Waals surface area contributed by atoms with Gasteiger partial charge in [0.2, 0.25) is 11.7 Å². The minimum atomic E-state index is -0.936.